The SMILES string of the molecule is O=C(Cc1ccccc1)NCCC(=O)N1CCN(C(=O)c2ccco2)CC1. The highest BCUT2D eigenvalue weighted by Gasteiger charge is 2.25. The number of amides is 3. The zero-order chi connectivity index (χ0) is 19.1. The third-order valence-corrected chi connectivity index (χ3v) is 4.52. The van der Waals surface area contributed by atoms with Gasteiger partial charge in [-0.05, 0) is 17.7 Å². The largest absolute Gasteiger partial charge is 0.459 e. The van der Waals surface area contributed by atoms with Crippen LogP contribution in [0.5, 0.6) is 0 Å². The Bertz CT molecular complexity index is 766. The smallest absolute Gasteiger partial charge is 0.289 e. The van der Waals surface area contributed by atoms with Gasteiger partial charge in [-0.3, -0.25) is 14.4 Å². The molecule has 1 fully saturated rings. The van der Waals surface area contributed by atoms with E-state index in [1.807, 2.05) is 30.3 Å². The van der Waals surface area contributed by atoms with Gasteiger partial charge in [-0.15, -0.1) is 0 Å². The van der Waals surface area contributed by atoms with Crippen LogP contribution in [0.25, 0.3) is 0 Å². The summed E-state index contributed by atoms with van der Waals surface area (Å²) in [4.78, 5) is 39.8. The molecule has 0 radical (unpaired) electrons. The molecule has 142 valence electrons. The summed E-state index contributed by atoms with van der Waals surface area (Å²) in [6.45, 7) is 2.25. The molecular formula is C20H23N3O4. The van der Waals surface area contributed by atoms with Gasteiger partial charge < -0.3 is 19.5 Å². The number of carbonyl (C=O) groups is 3. The molecule has 1 saturated heterocycles. The molecule has 1 aromatic heterocycles. The third-order valence-electron chi connectivity index (χ3n) is 4.52. The number of piperazine rings is 1. The van der Waals surface area contributed by atoms with Gasteiger partial charge in [0, 0.05) is 39.1 Å². The lowest BCUT2D eigenvalue weighted by atomic mass is 10.1. The van der Waals surface area contributed by atoms with Crippen LogP contribution in [-0.4, -0.2) is 60.2 Å². The summed E-state index contributed by atoms with van der Waals surface area (Å²) in [5.41, 5.74) is 0.943. The average Bonchev–Trinajstić information content (AvgIpc) is 3.23. The van der Waals surface area contributed by atoms with Gasteiger partial charge in [0.1, 0.15) is 0 Å². The van der Waals surface area contributed by atoms with Crippen molar-refractivity contribution >= 4 is 17.7 Å². The minimum absolute atomic E-state index is 0.0138. The normalized spacial score (nSPS) is 14.1. The number of furan rings is 1. The number of rotatable bonds is 6. The molecule has 0 unspecified atom stereocenters. The summed E-state index contributed by atoms with van der Waals surface area (Å²) in [6, 6.07) is 12.8. The highest BCUT2D eigenvalue weighted by molar-refractivity contribution is 5.91. The Morgan fingerprint density at radius 2 is 1.63 bits per heavy atom. The maximum atomic E-state index is 12.3. The zero-order valence-corrected chi connectivity index (χ0v) is 15.1. The summed E-state index contributed by atoms with van der Waals surface area (Å²) < 4.78 is 5.13. The minimum Gasteiger partial charge on any atom is -0.459 e. The van der Waals surface area contributed by atoms with E-state index >= 15 is 0 Å². The second-order valence-corrected chi connectivity index (χ2v) is 6.41. The molecular weight excluding hydrogens is 346 g/mol. The Balaban J connectivity index is 1.36. The first-order valence-electron chi connectivity index (χ1n) is 9.04. The van der Waals surface area contributed by atoms with Crippen molar-refractivity contribution in [1.82, 2.24) is 15.1 Å². The van der Waals surface area contributed by atoms with Crippen LogP contribution in [0.1, 0.15) is 22.5 Å². The summed E-state index contributed by atoms with van der Waals surface area (Å²) in [5.74, 6) is 0.0548. The molecule has 7 nitrogen and oxygen atoms in total. The minimum atomic E-state index is -0.153. The van der Waals surface area contributed by atoms with Crippen molar-refractivity contribution in [3.63, 3.8) is 0 Å². The van der Waals surface area contributed by atoms with E-state index in [1.54, 1.807) is 21.9 Å². The lowest BCUT2D eigenvalue weighted by molar-refractivity contribution is -0.132. The van der Waals surface area contributed by atoms with Gasteiger partial charge in [-0.25, -0.2) is 0 Å². The van der Waals surface area contributed by atoms with Crippen LogP contribution in [0.3, 0.4) is 0 Å². The Hall–Kier alpha value is -3.09. The fourth-order valence-corrected chi connectivity index (χ4v) is 3.03. The first kappa shape index (κ1) is 18.7. The monoisotopic (exact) mass is 369 g/mol. The highest BCUT2D eigenvalue weighted by Crippen LogP contribution is 2.10. The molecule has 0 saturated carbocycles. The molecule has 0 aliphatic carbocycles. The fourth-order valence-electron chi connectivity index (χ4n) is 3.03. The fraction of sp³-hybridized carbons (Fsp3) is 0.350. The first-order valence-corrected chi connectivity index (χ1v) is 9.04. The molecule has 0 bridgehead atoms. The van der Waals surface area contributed by atoms with Crippen molar-refractivity contribution in [3.8, 4) is 0 Å². The van der Waals surface area contributed by atoms with Crippen molar-refractivity contribution in [2.45, 2.75) is 12.8 Å². The van der Waals surface area contributed by atoms with Crippen LogP contribution in [-0.2, 0) is 16.0 Å². The van der Waals surface area contributed by atoms with Crippen molar-refractivity contribution in [2.24, 2.45) is 0 Å². The van der Waals surface area contributed by atoms with Gasteiger partial charge in [0.2, 0.25) is 11.8 Å². The van der Waals surface area contributed by atoms with Gasteiger partial charge in [-0.1, -0.05) is 30.3 Å². The Labute approximate surface area is 157 Å². The predicted octanol–water partition coefficient (Wildman–Crippen LogP) is 1.31. The number of hydrogen-bond donors (Lipinski definition) is 1. The maximum absolute atomic E-state index is 12.3. The number of benzene rings is 1. The average molecular weight is 369 g/mol. The molecule has 27 heavy (non-hydrogen) atoms. The number of hydrogen-bond acceptors (Lipinski definition) is 4. The van der Waals surface area contributed by atoms with Crippen LogP contribution in [0.15, 0.2) is 53.1 Å². The Morgan fingerprint density at radius 1 is 0.926 bits per heavy atom. The van der Waals surface area contributed by atoms with Crippen LogP contribution < -0.4 is 5.32 Å². The summed E-state index contributed by atoms with van der Waals surface area (Å²) in [7, 11) is 0. The molecule has 2 heterocycles. The number of nitrogens with zero attached hydrogens (tertiary/aromatic N) is 2. The lowest BCUT2D eigenvalue weighted by Crippen LogP contribution is -2.51. The second-order valence-electron chi connectivity index (χ2n) is 6.41. The lowest BCUT2D eigenvalue weighted by Gasteiger charge is -2.34. The second kappa shape index (κ2) is 9.02. The van der Waals surface area contributed by atoms with E-state index < -0.39 is 0 Å². The predicted molar refractivity (Wildman–Crippen MR) is 99.0 cm³/mol. The van der Waals surface area contributed by atoms with E-state index in [1.165, 1.54) is 6.26 Å². The first-order chi connectivity index (χ1) is 13.1. The van der Waals surface area contributed by atoms with Gasteiger partial charge in [0.15, 0.2) is 5.76 Å². The van der Waals surface area contributed by atoms with E-state index in [9.17, 15) is 14.4 Å². The van der Waals surface area contributed by atoms with Crippen molar-refractivity contribution in [2.75, 3.05) is 32.7 Å². The highest BCUT2D eigenvalue weighted by atomic mass is 16.3. The molecule has 1 aliphatic rings. The maximum Gasteiger partial charge on any atom is 0.289 e. The van der Waals surface area contributed by atoms with Crippen molar-refractivity contribution < 1.29 is 18.8 Å². The summed E-state index contributed by atoms with van der Waals surface area (Å²) >= 11 is 0. The quantitative estimate of drug-likeness (QED) is 0.832. The van der Waals surface area contributed by atoms with Crippen LogP contribution in [0.4, 0.5) is 0 Å². The van der Waals surface area contributed by atoms with Crippen LogP contribution in [0, 0.1) is 0 Å². The van der Waals surface area contributed by atoms with E-state index in [0.29, 0.717) is 44.9 Å². The molecule has 3 rings (SSSR count). The topological polar surface area (TPSA) is 82.9 Å². The molecule has 0 atom stereocenters. The van der Waals surface area contributed by atoms with Crippen molar-refractivity contribution in [3.05, 3.63) is 60.1 Å². The molecule has 3 amide bonds. The third kappa shape index (κ3) is 5.20. The van der Waals surface area contributed by atoms with Gasteiger partial charge in [0.25, 0.3) is 5.91 Å². The molecule has 2 aromatic rings. The van der Waals surface area contributed by atoms with Gasteiger partial charge in [-0.2, -0.15) is 0 Å². The molecule has 0 spiro atoms. The number of carbonyl (C=O) groups excluding carboxylic acids is 3. The van der Waals surface area contributed by atoms with Crippen molar-refractivity contribution in [1.29, 1.82) is 0 Å². The summed E-state index contributed by atoms with van der Waals surface area (Å²) in [6.07, 6.45) is 2.04. The van der Waals surface area contributed by atoms with Crippen LogP contribution in [0.2, 0.25) is 0 Å². The van der Waals surface area contributed by atoms with Gasteiger partial charge in [0.05, 0.1) is 12.7 Å². The number of nitrogens with one attached hydrogen (secondary N) is 1. The Kier molecular flexibility index (Phi) is 6.25. The summed E-state index contributed by atoms with van der Waals surface area (Å²) in [5, 5.41) is 2.78. The molecule has 1 N–H and O–H groups in total. The molecule has 7 heteroatoms. The Morgan fingerprint density at radius 3 is 2.30 bits per heavy atom. The van der Waals surface area contributed by atoms with E-state index in [4.69, 9.17) is 4.42 Å². The molecule has 1 aliphatic heterocycles. The van der Waals surface area contributed by atoms with E-state index in [2.05, 4.69) is 5.32 Å². The van der Waals surface area contributed by atoms with E-state index in [0.717, 1.165) is 5.56 Å². The van der Waals surface area contributed by atoms with Gasteiger partial charge >= 0.3 is 0 Å². The molecule has 1 aromatic carbocycles. The standard InChI is InChI=1S/C20H23N3O4/c24-18(15-16-5-2-1-3-6-16)21-9-8-19(25)22-10-12-23(13-11-22)20(26)17-7-4-14-27-17/h1-7,14H,8-13,15H2,(H,21,24). The zero-order valence-electron chi connectivity index (χ0n) is 15.1. The van der Waals surface area contributed by atoms with E-state index in [-0.39, 0.29) is 24.1 Å². The van der Waals surface area contributed by atoms with Crippen LogP contribution >= 0.6 is 0 Å².